The summed E-state index contributed by atoms with van der Waals surface area (Å²) in [6.45, 7) is 78.7. The molecule has 13 unspecified atom stereocenters. The van der Waals surface area contributed by atoms with Crippen molar-refractivity contribution in [3.63, 3.8) is 0 Å². The largest absolute Gasteiger partial charge is 0.513 e. The number of aromatic hydroxyl groups is 1. The number of carboxylic acid groups (broad SMARTS) is 6. The highest BCUT2D eigenvalue weighted by Gasteiger charge is 2.29. The zero-order valence-corrected chi connectivity index (χ0v) is 86.7. The van der Waals surface area contributed by atoms with E-state index in [4.69, 9.17) is 71.5 Å². The van der Waals surface area contributed by atoms with Gasteiger partial charge in [-0.1, -0.05) is 300 Å². The second-order valence-corrected chi connectivity index (χ2v) is 39.6. The van der Waals surface area contributed by atoms with E-state index in [2.05, 4.69) is 128 Å². The van der Waals surface area contributed by atoms with Gasteiger partial charge in [0.2, 0.25) is 0 Å². The number of aliphatic hydroxyl groups is 9. The molecule has 3 aromatic rings. The van der Waals surface area contributed by atoms with Crippen LogP contribution >= 0.6 is 11.8 Å². The quantitative estimate of drug-likeness (QED) is 0.0235. The molecule has 3 rings (SSSR count). The molecule has 16 N–H and O–H groups in total. The van der Waals surface area contributed by atoms with E-state index >= 15 is 0 Å². The average Bonchev–Trinajstić information content (AvgIpc) is 0.868. The highest BCUT2D eigenvalue weighted by Crippen LogP contribution is 2.30. The highest BCUT2D eigenvalue weighted by atomic mass is 32.2. The van der Waals surface area contributed by atoms with Crippen molar-refractivity contribution < 1.29 is 110 Å². The first-order valence-electron chi connectivity index (χ1n) is 46.1. The van der Waals surface area contributed by atoms with Gasteiger partial charge in [0.05, 0.1) is 83.6 Å². The van der Waals surface area contributed by atoms with E-state index < -0.39 is 47.8 Å². The Morgan fingerprint density at radius 3 is 0.828 bits per heavy atom. The van der Waals surface area contributed by atoms with Crippen molar-refractivity contribution in [3.05, 3.63) is 151 Å². The Kier molecular flexibility index (Phi) is 87.0. The molecule has 0 aromatic heterocycles. The van der Waals surface area contributed by atoms with E-state index in [0.717, 1.165) is 54.9 Å². The van der Waals surface area contributed by atoms with E-state index in [0.29, 0.717) is 60.4 Å². The van der Waals surface area contributed by atoms with E-state index in [1.54, 1.807) is 38.1 Å². The van der Waals surface area contributed by atoms with Gasteiger partial charge in [0.25, 0.3) is 0 Å². The molecule has 128 heavy (non-hydrogen) atoms. The van der Waals surface area contributed by atoms with E-state index in [-0.39, 0.29) is 149 Å². The van der Waals surface area contributed by atoms with Gasteiger partial charge < -0.3 is 81.7 Å². The fourth-order valence-electron chi connectivity index (χ4n) is 13.1. The maximum Gasteiger partial charge on any atom is 0.309 e. The van der Waals surface area contributed by atoms with Crippen LogP contribution in [0.5, 0.6) is 5.75 Å². The highest BCUT2D eigenvalue weighted by molar-refractivity contribution is 7.98. The normalized spacial score (nSPS) is 13.9. The van der Waals surface area contributed by atoms with Crippen LogP contribution in [0.1, 0.15) is 296 Å². The molecule has 0 saturated carbocycles. The fourth-order valence-corrected chi connectivity index (χ4v) is 13.5. The van der Waals surface area contributed by atoms with Crippen LogP contribution in [0.3, 0.4) is 0 Å². The topological polar surface area (TPSA) is 426 Å². The predicted octanol–water partition coefficient (Wildman–Crippen LogP) is 25.0. The van der Waals surface area contributed by atoms with E-state index in [1.807, 2.05) is 185 Å². The van der Waals surface area contributed by atoms with E-state index in [9.17, 15) is 39.0 Å². The van der Waals surface area contributed by atoms with Gasteiger partial charge in [0.1, 0.15) is 5.75 Å². The minimum atomic E-state index is -0.926. The molecule has 748 valence electrons. The summed E-state index contributed by atoms with van der Waals surface area (Å²) < 4.78 is 0. The first-order valence-corrected chi connectivity index (χ1v) is 47.5. The van der Waals surface area contributed by atoms with Gasteiger partial charge >= 0.3 is 35.8 Å². The lowest BCUT2D eigenvalue weighted by Gasteiger charge is -2.24. The summed E-state index contributed by atoms with van der Waals surface area (Å²) >= 11 is 1.81. The third kappa shape index (κ3) is 80.7. The van der Waals surface area contributed by atoms with Crippen molar-refractivity contribution in [3.8, 4) is 5.75 Å². The molecular formula is C105H190O22S. The number of carboxylic acids is 6. The Morgan fingerprint density at radius 2 is 0.656 bits per heavy atom. The molecule has 13 atom stereocenters. The number of hydrogen-bond donors (Lipinski definition) is 16. The van der Waals surface area contributed by atoms with Crippen molar-refractivity contribution in [1.29, 1.82) is 0 Å². The van der Waals surface area contributed by atoms with Crippen LogP contribution in [-0.4, -0.2) is 161 Å². The van der Waals surface area contributed by atoms with Crippen molar-refractivity contribution >= 4 is 47.6 Å². The lowest BCUT2D eigenvalue weighted by atomic mass is 9.85. The number of aliphatic hydroxyl groups excluding tert-OH is 9. The van der Waals surface area contributed by atoms with Crippen LogP contribution < -0.4 is 0 Å². The summed E-state index contributed by atoms with van der Waals surface area (Å²) in [6.07, 6.45) is 7.29. The summed E-state index contributed by atoms with van der Waals surface area (Å²) in [5.41, 5.74) is 3.26. The molecule has 0 spiro atoms. The number of phenolic OH excluding ortho intramolecular Hbond substituents is 1. The second kappa shape index (κ2) is 80.4. The molecule has 0 heterocycles. The summed E-state index contributed by atoms with van der Waals surface area (Å²) in [5, 5.41) is 142. The summed E-state index contributed by atoms with van der Waals surface area (Å²) in [6, 6.07) is 26.6. The standard InChI is InChI=1S/C12H16O3.C12H16O2.C12H18O.C9H16O3.C9H18O2.C9H18OS.C8H16O2.C7H14O3.C7H14O2.C7H16O.C7H14O.C6H14O/c1-8(2)11(12(14)15)7-9-3-5-10(13)6-4-9;1-9(2)11(12(13)14)8-10-6-4-3-5-7-10;1-9(2)12(10(3)13)11-7-5-4-6-8-11;1-6(2)8(7(3)10)4-5-9(11)12;1-6(2)5-8(7(3)4)9(10)11;1-7(2)9(8(3)10)5-6-11-4;1-5(2)7(6(3)4)8(9)10;1-4(2)6(5(3)8)7(9)10;1-5(2)7(4-8)6(3)9;1-6(2)4-5-7(3)8;1-5(2)6(3)7(4)8;1-5(2)4-6(3)7/h3-6,8,11,13H,7H2,1-2H3,(H,14,15);3-7,9,11H,8H2,1-2H3,(H,13,14);4-10,12-13H,1-3H3;6,8,10H,3-5H2,1-2H3,(H,11,12);6-8H,5H2,1-4H3,(H,10,11);7,9-10H,3,5-6H2,1-2,4H3;5-7H,1-4H3,(H,9,10);4-6,8H,1-3H3,(H,9,10);5,7-9H,3-4H2,1-2H3;6-8H,4-5H2,1-3H3;5-6,8H,4H2,1-3H3;5-7H,4H2,1-3H3. The summed E-state index contributed by atoms with van der Waals surface area (Å²) in [7, 11) is 0. The Labute approximate surface area is 781 Å². The van der Waals surface area contributed by atoms with Gasteiger partial charge in [-0.25, -0.2) is 0 Å². The Balaban J connectivity index is -0.000000173. The van der Waals surface area contributed by atoms with Gasteiger partial charge in [0.15, 0.2) is 0 Å². The predicted molar refractivity (Wildman–Crippen MR) is 533 cm³/mol. The molecule has 0 radical (unpaired) electrons. The maximum absolute atomic E-state index is 11.0. The molecule has 0 fully saturated rings. The molecular weight excluding hydrogens is 1650 g/mol. The van der Waals surface area contributed by atoms with Crippen molar-refractivity contribution in [2.24, 2.45) is 136 Å². The van der Waals surface area contributed by atoms with Gasteiger partial charge in [-0.15, -0.1) is 0 Å². The fraction of sp³-hybridized carbons (Fsp3) is 0.695. The maximum atomic E-state index is 11.0. The minimum Gasteiger partial charge on any atom is -0.513 e. The molecule has 0 saturated heterocycles. The molecule has 22 nitrogen and oxygen atoms in total. The zero-order valence-electron chi connectivity index (χ0n) is 85.9. The van der Waals surface area contributed by atoms with Crippen molar-refractivity contribution in [2.45, 2.75) is 317 Å². The van der Waals surface area contributed by atoms with Crippen molar-refractivity contribution in [1.82, 2.24) is 0 Å². The van der Waals surface area contributed by atoms with Gasteiger partial charge in [-0.2, -0.15) is 11.8 Å². The van der Waals surface area contributed by atoms with Crippen LogP contribution in [0.2, 0.25) is 0 Å². The number of allylic oxidation sites excluding steroid dienone is 3. The molecule has 3 aromatic carbocycles. The average molecular weight is 1840 g/mol. The van der Waals surface area contributed by atoms with Crippen LogP contribution in [-0.2, 0) is 41.6 Å². The van der Waals surface area contributed by atoms with Crippen LogP contribution in [0, 0.1) is 136 Å². The van der Waals surface area contributed by atoms with Crippen LogP contribution in [0.4, 0.5) is 0 Å². The number of thioether (sulfide) groups is 1. The monoisotopic (exact) mass is 1840 g/mol. The third-order valence-electron chi connectivity index (χ3n) is 21.1. The minimum absolute atomic E-state index is 0.0162. The Morgan fingerprint density at radius 1 is 0.320 bits per heavy atom. The Bertz CT molecular complexity index is 3190. The molecule has 0 aliphatic carbocycles. The van der Waals surface area contributed by atoms with Gasteiger partial charge in [-0.3, -0.25) is 28.8 Å². The summed E-state index contributed by atoms with van der Waals surface area (Å²) in [5.74, 6) is 1.16. The molecule has 0 bridgehead atoms. The SMILES string of the molecule is C=C(O)C(C)C(C)C.C=C(O)C(CCC(=O)O)C(C)C.C=C(O)C(CCSC)C(C)C.C=C(O)C(CO)C(C)C.CC(C)C(C(=O)O)C(C)C.CC(C)C(C(=O)O)C(C)O.CC(C)C(Cc1ccc(O)cc1)C(=O)O.CC(C)C(Cc1ccccc1)C(=O)O.CC(C)C(c1ccccc1)C(C)O.CC(C)CC(C(=O)O)C(C)C.CC(C)CC(C)O.CC(C)CCC(C)O. The summed E-state index contributed by atoms with van der Waals surface area (Å²) in [4.78, 5) is 63.8. The Hall–Kier alpha value is -7.41. The molecule has 23 heteroatoms. The number of benzene rings is 3. The number of phenols is 1. The lowest BCUT2D eigenvalue weighted by Crippen LogP contribution is -2.30. The molecule has 0 aliphatic rings. The second-order valence-electron chi connectivity index (χ2n) is 38.6. The smallest absolute Gasteiger partial charge is 0.309 e. The zero-order chi connectivity index (χ0) is 103. The first kappa shape index (κ1) is 139. The van der Waals surface area contributed by atoms with Gasteiger partial charge in [0, 0.05) is 36.0 Å². The molecule has 0 amide bonds. The first-order chi connectivity index (χ1) is 58.5. The number of hydrogen-bond acceptors (Lipinski definition) is 17. The number of carbonyl (C=O) groups is 6. The van der Waals surface area contributed by atoms with Crippen molar-refractivity contribution in [2.75, 3.05) is 18.6 Å². The van der Waals surface area contributed by atoms with E-state index in [1.165, 1.54) is 12.5 Å². The lowest BCUT2D eigenvalue weighted by molar-refractivity contribution is -0.148. The molecule has 0 aliphatic heterocycles. The van der Waals surface area contributed by atoms with Crippen LogP contribution in [0.15, 0.2) is 134 Å². The van der Waals surface area contributed by atoms with Gasteiger partial charge in [-0.05, 0) is 203 Å². The van der Waals surface area contributed by atoms with Crippen LogP contribution in [0.25, 0.3) is 0 Å². The number of aliphatic carboxylic acids is 6. The number of rotatable bonds is 41. The third-order valence-corrected chi connectivity index (χ3v) is 21.8.